The molecule has 0 aliphatic heterocycles. The molecule has 5 nitrogen and oxygen atoms in total. The standard InChI is InChI=1S/C5H5.C4H8O2S.3CO.W/c1-2-4-5-3-1;1-3-4(2)7(5)6;3*1-2;/h1-5H;3-4H,1H2,2H3,(H,5,6);;;;/q-1;;;;;/p-1. The van der Waals surface area contributed by atoms with Crippen molar-refractivity contribution in [1.82, 2.24) is 0 Å². The van der Waals surface area contributed by atoms with Gasteiger partial charge in [0.2, 0.25) is 0 Å². The molecule has 1 rings (SSSR count). The van der Waals surface area contributed by atoms with E-state index in [0.717, 1.165) is 0 Å². The number of hydrogen-bond acceptors (Lipinski definition) is 2. The molecule has 0 saturated heterocycles. The minimum atomic E-state index is -1.98. The van der Waals surface area contributed by atoms with Crippen LogP contribution >= 0.6 is 0 Å². The van der Waals surface area contributed by atoms with Gasteiger partial charge in [0.15, 0.2) is 0 Å². The van der Waals surface area contributed by atoms with Crippen LogP contribution in [0.5, 0.6) is 0 Å². The molecule has 0 fully saturated rings. The summed E-state index contributed by atoms with van der Waals surface area (Å²) in [5, 5.41) is -0.417. The number of hydrogen-bond donors (Lipinski definition) is 0. The third-order valence-electron chi connectivity index (χ3n) is 1.19. The summed E-state index contributed by atoms with van der Waals surface area (Å²) >= 11 is -1.98. The van der Waals surface area contributed by atoms with Crippen molar-refractivity contribution in [3.05, 3.63) is 62.9 Å². The molecule has 2 unspecified atom stereocenters. The fourth-order valence-corrected chi connectivity index (χ4v) is 0.556. The third kappa shape index (κ3) is 38.2. The van der Waals surface area contributed by atoms with E-state index >= 15 is 0 Å². The molecule has 0 N–H and O–H groups in total. The molecule has 104 valence electrons. The van der Waals surface area contributed by atoms with Crippen LogP contribution in [0.2, 0.25) is 0 Å². The predicted molar refractivity (Wildman–Crippen MR) is 62.4 cm³/mol. The topological polar surface area (TPSA) is 99.8 Å². The molecule has 0 aromatic heterocycles. The van der Waals surface area contributed by atoms with Crippen LogP contribution in [0.1, 0.15) is 6.92 Å². The van der Waals surface area contributed by atoms with E-state index in [2.05, 4.69) is 26.5 Å². The van der Waals surface area contributed by atoms with E-state index in [0.29, 0.717) is 0 Å². The molecule has 1 aromatic rings. The largest absolute Gasteiger partial charge is 0.214 e. The molecule has 19 heavy (non-hydrogen) atoms. The summed E-state index contributed by atoms with van der Waals surface area (Å²) in [5.74, 6) is 0. The quantitative estimate of drug-likeness (QED) is 0.296. The molecule has 0 spiro atoms. The van der Waals surface area contributed by atoms with Crippen LogP contribution in [0.15, 0.2) is 43.0 Å². The fourth-order valence-electron chi connectivity index (χ4n) is 0.399. The van der Waals surface area contributed by atoms with Gasteiger partial charge in [0, 0.05) is 26.3 Å². The molecule has 0 aliphatic carbocycles. The van der Waals surface area contributed by atoms with Crippen LogP contribution in [-0.4, -0.2) is 14.0 Å². The Balaban J connectivity index is -0.0000000482. The average molecular weight is 452 g/mol. The predicted octanol–water partition coefficient (Wildman–Crippen LogP) is 1.73. The zero-order valence-corrected chi connectivity index (χ0v) is 13.9. The second-order valence-electron chi connectivity index (χ2n) is 2.16. The maximum Gasteiger partial charge on any atom is 0 e. The second kappa shape index (κ2) is 36.0. The third-order valence-corrected chi connectivity index (χ3v) is 1.99. The molecule has 2 atom stereocenters. The van der Waals surface area contributed by atoms with Gasteiger partial charge in [-0.15, -0.1) is 6.58 Å². The van der Waals surface area contributed by atoms with Crippen molar-refractivity contribution in [2.24, 2.45) is 0 Å². The van der Waals surface area contributed by atoms with E-state index in [4.69, 9.17) is 14.0 Å². The van der Waals surface area contributed by atoms with E-state index < -0.39 is 16.3 Å². The Bertz CT molecular complexity index is 298. The fraction of sp³-hybridized carbons (Fsp3) is 0.167. The molecule has 7 heteroatoms. The molecule has 1 aromatic carbocycles. The van der Waals surface area contributed by atoms with Gasteiger partial charge in [-0.25, -0.2) is 12.1 Å². The van der Waals surface area contributed by atoms with Crippen LogP contribution in [0.3, 0.4) is 0 Å². The van der Waals surface area contributed by atoms with Gasteiger partial charge in [-0.05, 0) is 18.0 Å². The van der Waals surface area contributed by atoms with Crippen molar-refractivity contribution >= 4 is 11.1 Å². The van der Waals surface area contributed by atoms with Crippen molar-refractivity contribution in [2.75, 3.05) is 0 Å². The van der Waals surface area contributed by atoms with Crippen LogP contribution in [0, 0.1) is 20.0 Å². The first kappa shape index (κ1) is 30.8. The molecule has 0 saturated carbocycles. The minimum absolute atomic E-state index is 0. The molecular formula is C12H12O5SW-2. The van der Waals surface area contributed by atoms with Gasteiger partial charge in [0.1, 0.15) is 0 Å². The molecule has 0 aliphatic rings. The van der Waals surface area contributed by atoms with Gasteiger partial charge >= 0.3 is 33.9 Å². The van der Waals surface area contributed by atoms with Gasteiger partial charge in [0.25, 0.3) is 0 Å². The smallest absolute Gasteiger partial charge is 0 e. The van der Waals surface area contributed by atoms with E-state index in [9.17, 15) is 8.76 Å². The van der Waals surface area contributed by atoms with Gasteiger partial charge in [-0.2, -0.15) is 18.2 Å². The van der Waals surface area contributed by atoms with Crippen LogP contribution in [0.25, 0.3) is 0 Å². The van der Waals surface area contributed by atoms with Crippen molar-refractivity contribution in [2.45, 2.75) is 12.2 Å². The van der Waals surface area contributed by atoms with Crippen molar-refractivity contribution in [3.63, 3.8) is 0 Å². The first-order valence-electron chi connectivity index (χ1n) is 4.17. The summed E-state index contributed by atoms with van der Waals surface area (Å²) in [6.45, 7) is 18.4. The van der Waals surface area contributed by atoms with E-state index in [1.807, 2.05) is 30.3 Å². The van der Waals surface area contributed by atoms with Crippen molar-refractivity contribution < 1.29 is 43.8 Å². The maximum absolute atomic E-state index is 9.86. The van der Waals surface area contributed by atoms with Crippen LogP contribution < -0.4 is 0 Å². The first-order chi connectivity index (χ1) is 8.68. The van der Waals surface area contributed by atoms with Crippen LogP contribution in [0.4, 0.5) is 0 Å². The minimum Gasteiger partial charge on any atom is -0.214 e. The molecule has 0 radical (unpaired) electrons. The summed E-state index contributed by atoms with van der Waals surface area (Å²) in [6.07, 6.45) is 1.38. The maximum atomic E-state index is 9.86. The Hall–Kier alpha value is -0.892. The Morgan fingerprint density at radius 1 is 1.21 bits per heavy atom. The summed E-state index contributed by atoms with van der Waals surface area (Å²) in [7, 11) is 0. The average Bonchev–Trinajstić information content (AvgIpc) is 3.03. The van der Waals surface area contributed by atoms with Gasteiger partial charge in [-0.3, -0.25) is 4.21 Å². The molecule has 0 amide bonds. The van der Waals surface area contributed by atoms with Gasteiger partial charge in [0.05, 0.1) is 0 Å². The van der Waals surface area contributed by atoms with E-state index in [-0.39, 0.29) is 21.1 Å². The SMILES string of the molecule is C=CC(C)S(=O)[O-].[C-]#[O+].[C-]#[O+].[C-]#[O+].[W].c1cc[cH-]c1. The molecular weight excluding hydrogens is 440 g/mol. The summed E-state index contributed by atoms with van der Waals surface area (Å²) in [6, 6.07) is 10.0. The normalized spacial score (nSPS) is 9.05. The summed E-state index contributed by atoms with van der Waals surface area (Å²) in [4.78, 5) is 0. The zero-order valence-electron chi connectivity index (χ0n) is 10.1. The Labute approximate surface area is 130 Å². The second-order valence-corrected chi connectivity index (χ2v) is 3.43. The van der Waals surface area contributed by atoms with E-state index in [1.165, 1.54) is 6.08 Å². The number of rotatable bonds is 2. The van der Waals surface area contributed by atoms with Crippen molar-refractivity contribution in [1.29, 1.82) is 0 Å². The van der Waals surface area contributed by atoms with Crippen LogP contribution in [-0.2, 0) is 46.1 Å². The zero-order chi connectivity index (χ0) is 15.4. The Morgan fingerprint density at radius 3 is 1.58 bits per heavy atom. The molecule has 0 bridgehead atoms. The van der Waals surface area contributed by atoms with E-state index in [1.54, 1.807) is 6.92 Å². The summed E-state index contributed by atoms with van der Waals surface area (Å²) in [5.41, 5.74) is 0. The van der Waals surface area contributed by atoms with Crippen molar-refractivity contribution in [3.8, 4) is 0 Å². The van der Waals surface area contributed by atoms with Gasteiger partial charge < -0.3 is 4.55 Å². The monoisotopic (exact) mass is 452 g/mol. The Morgan fingerprint density at radius 2 is 1.53 bits per heavy atom. The Kier molecular flexibility index (Phi) is 58.4. The first-order valence-corrected chi connectivity index (χ1v) is 5.31. The molecule has 0 heterocycles. The summed E-state index contributed by atoms with van der Waals surface area (Å²) < 4.78 is 42.2. The van der Waals surface area contributed by atoms with Gasteiger partial charge in [-0.1, -0.05) is 6.08 Å².